The van der Waals surface area contributed by atoms with Crippen LogP contribution >= 0.6 is 0 Å². The van der Waals surface area contributed by atoms with E-state index in [4.69, 9.17) is 15.6 Å². The zero-order valence-electron chi connectivity index (χ0n) is 11.6. The Kier molecular flexibility index (Phi) is 5.32. The van der Waals surface area contributed by atoms with Gasteiger partial charge in [-0.1, -0.05) is 12.1 Å². The van der Waals surface area contributed by atoms with E-state index >= 15 is 0 Å². The second-order valence-electron chi connectivity index (χ2n) is 5.06. The lowest BCUT2D eigenvalue weighted by atomic mass is 9.83. The van der Waals surface area contributed by atoms with E-state index < -0.39 is 11.5 Å². The molecule has 5 heteroatoms. The minimum Gasteiger partial charge on any atom is -0.399 e. The zero-order chi connectivity index (χ0) is 14.5. The number of nitrogens with two attached hydrogens (primary N) is 1. The molecule has 1 unspecified atom stereocenters. The maximum absolute atomic E-state index is 12.3. The Balaban J connectivity index is 2.81. The summed E-state index contributed by atoms with van der Waals surface area (Å²) in [5.41, 5.74) is 6.47. The molecule has 0 aromatic heterocycles. The van der Waals surface area contributed by atoms with Crippen LogP contribution in [-0.4, -0.2) is 37.4 Å². The van der Waals surface area contributed by atoms with E-state index in [0.717, 1.165) is 5.56 Å². The van der Waals surface area contributed by atoms with Crippen LogP contribution in [0.4, 0.5) is 5.69 Å². The van der Waals surface area contributed by atoms with Gasteiger partial charge in [0, 0.05) is 12.8 Å². The molecule has 0 bridgehead atoms. The molecule has 0 heterocycles. The molecule has 1 rings (SSSR count). The Labute approximate surface area is 113 Å². The Hall–Kier alpha value is -1.59. The number of carbonyl (C=O) groups is 1. The van der Waals surface area contributed by atoms with E-state index in [1.165, 1.54) is 7.11 Å². The number of nitrogen functional groups attached to an aromatic ring is 1. The molecule has 0 radical (unpaired) electrons. The second kappa shape index (κ2) is 6.54. The molecule has 1 atom stereocenters. The van der Waals surface area contributed by atoms with E-state index in [-0.39, 0.29) is 19.1 Å². The molecule has 0 spiro atoms. The lowest BCUT2D eigenvalue weighted by molar-refractivity contribution is -0.127. The van der Waals surface area contributed by atoms with Crippen LogP contribution in [0, 0.1) is 0 Å². The first-order valence-corrected chi connectivity index (χ1v) is 6.18. The van der Waals surface area contributed by atoms with Gasteiger partial charge in [-0.15, -0.1) is 0 Å². The van der Waals surface area contributed by atoms with Crippen molar-refractivity contribution in [3.8, 4) is 0 Å². The number of hydrogen-bond donors (Lipinski definition) is 3. The van der Waals surface area contributed by atoms with E-state index in [1.54, 1.807) is 12.1 Å². The molecule has 0 saturated heterocycles. The van der Waals surface area contributed by atoms with E-state index in [0.29, 0.717) is 5.69 Å². The van der Waals surface area contributed by atoms with Crippen molar-refractivity contribution in [2.75, 3.05) is 26.1 Å². The van der Waals surface area contributed by atoms with E-state index in [2.05, 4.69) is 5.32 Å². The number of carbonyl (C=O) groups excluding carboxylic acids is 1. The van der Waals surface area contributed by atoms with Gasteiger partial charge >= 0.3 is 0 Å². The van der Waals surface area contributed by atoms with Crippen molar-refractivity contribution in [1.82, 2.24) is 5.32 Å². The predicted molar refractivity (Wildman–Crippen MR) is 74.8 cm³/mol. The number of methoxy groups -OCH3 is 1. The van der Waals surface area contributed by atoms with Crippen molar-refractivity contribution in [2.45, 2.75) is 25.3 Å². The molecule has 0 saturated carbocycles. The standard InChI is InChI=1S/C14H22N2O3/c1-14(2,10-4-6-11(15)7-5-10)13(18)16-12(8-17)9-19-3/h4-7,12,17H,8-9,15H2,1-3H3,(H,16,18). The zero-order valence-corrected chi connectivity index (χ0v) is 11.6. The summed E-state index contributed by atoms with van der Waals surface area (Å²) in [7, 11) is 1.53. The Morgan fingerprint density at radius 1 is 1.42 bits per heavy atom. The van der Waals surface area contributed by atoms with Crippen LogP contribution in [0.15, 0.2) is 24.3 Å². The lowest BCUT2D eigenvalue weighted by Gasteiger charge is -2.27. The molecule has 19 heavy (non-hydrogen) atoms. The number of nitrogens with one attached hydrogen (secondary N) is 1. The molecular weight excluding hydrogens is 244 g/mol. The molecule has 1 aromatic carbocycles. The van der Waals surface area contributed by atoms with Crippen LogP contribution in [0.3, 0.4) is 0 Å². The molecule has 0 aliphatic rings. The number of ether oxygens (including phenoxy) is 1. The number of aliphatic hydroxyl groups excluding tert-OH is 1. The number of rotatable bonds is 6. The molecule has 5 nitrogen and oxygen atoms in total. The monoisotopic (exact) mass is 266 g/mol. The average molecular weight is 266 g/mol. The third kappa shape index (κ3) is 3.94. The van der Waals surface area contributed by atoms with Crippen molar-refractivity contribution < 1.29 is 14.6 Å². The third-order valence-electron chi connectivity index (χ3n) is 3.12. The van der Waals surface area contributed by atoms with Gasteiger partial charge in [-0.3, -0.25) is 4.79 Å². The summed E-state index contributed by atoms with van der Waals surface area (Å²) >= 11 is 0. The first-order chi connectivity index (χ1) is 8.91. The fraction of sp³-hybridized carbons (Fsp3) is 0.500. The summed E-state index contributed by atoms with van der Waals surface area (Å²) in [6.07, 6.45) is 0. The van der Waals surface area contributed by atoms with Gasteiger partial charge in [0.25, 0.3) is 0 Å². The molecule has 106 valence electrons. The van der Waals surface area contributed by atoms with Crippen molar-refractivity contribution >= 4 is 11.6 Å². The van der Waals surface area contributed by atoms with Crippen LogP contribution < -0.4 is 11.1 Å². The summed E-state index contributed by atoms with van der Waals surface area (Å²) < 4.78 is 4.94. The van der Waals surface area contributed by atoms with Crippen LogP contribution in [0.2, 0.25) is 0 Å². The first kappa shape index (κ1) is 15.5. The van der Waals surface area contributed by atoms with Crippen LogP contribution in [0.5, 0.6) is 0 Å². The highest BCUT2D eigenvalue weighted by molar-refractivity contribution is 5.87. The van der Waals surface area contributed by atoms with Gasteiger partial charge in [0.15, 0.2) is 0 Å². The first-order valence-electron chi connectivity index (χ1n) is 6.18. The van der Waals surface area contributed by atoms with Crippen LogP contribution in [0.1, 0.15) is 19.4 Å². The molecule has 4 N–H and O–H groups in total. The fourth-order valence-corrected chi connectivity index (χ4v) is 1.74. The Bertz CT molecular complexity index is 415. The number of amides is 1. The SMILES string of the molecule is COCC(CO)NC(=O)C(C)(C)c1ccc(N)cc1. The van der Waals surface area contributed by atoms with Gasteiger partial charge < -0.3 is 20.9 Å². The number of benzene rings is 1. The predicted octanol–water partition coefficient (Wildman–Crippen LogP) is 0.670. The minimum atomic E-state index is -0.700. The van der Waals surface area contributed by atoms with Gasteiger partial charge in [0.05, 0.1) is 24.7 Å². The maximum atomic E-state index is 12.3. The Morgan fingerprint density at radius 3 is 2.47 bits per heavy atom. The Morgan fingerprint density at radius 2 is 2.00 bits per heavy atom. The normalized spacial score (nSPS) is 13.1. The highest BCUT2D eigenvalue weighted by Gasteiger charge is 2.31. The molecule has 0 fully saturated rings. The molecule has 1 amide bonds. The quantitative estimate of drug-likeness (QED) is 0.661. The van der Waals surface area contributed by atoms with Gasteiger partial charge in [0.1, 0.15) is 0 Å². The van der Waals surface area contributed by atoms with Crippen LogP contribution in [0.25, 0.3) is 0 Å². The number of hydrogen-bond acceptors (Lipinski definition) is 4. The van der Waals surface area contributed by atoms with Crippen molar-refractivity contribution in [3.63, 3.8) is 0 Å². The lowest BCUT2D eigenvalue weighted by Crippen LogP contribution is -2.48. The largest absolute Gasteiger partial charge is 0.399 e. The van der Waals surface area contributed by atoms with E-state index in [1.807, 2.05) is 26.0 Å². The molecule has 1 aromatic rings. The van der Waals surface area contributed by atoms with Crippen LogP contribution in [-0.2, 0) is 14.9 Å². The smallest absolute Gasteiger partial charge is 0.230 e. The molecule has 0 aliphatic heterocycles. The van der Waals surface area contributed by atoms with E-state index in [9.17, 15) is 4.79 Å². The summed E-state index contributed by atoms with van der Waals surface area (Å²) in [6, 6.07) is 6.80. The third-order valence-corrected chi connectivity index (χ3v) is 3.12. The fourth-order valence-electron chi connectivity index (χ4n) is 1.74. The summed E-state index contributed by atoms with van der Waals surface area (Å²) in [5, 5.41) is 11.9. The average Bonchev–Trinajstić information content (AvgIpc) is 2.38. The minimum absolute atomic E-state index is 0.155. The van der Waals surface area contributed by atoms with Crippen molar-refractivity contribution in [1.29, 1.82) is 0 Å². The number of anilines is 1. The van der Waals surface area contributed by atoms with Gasteiger partial charge in [-0.05, 0) is 31.5 Å². The van der Waals surface area contributed by atoms with Gasteiger partial charge in [-0.25, -0.2) is 0 Å². The second-order valence-corrected chi connectivity index (χ2v) is 5.06. The highest BCUT2D eigenvalue weighted by atomic mass is 16.5. The van der Waals surface area contributed by atoms with Gasteiger partial charge in [-0.2, -0.15) is 0 Å². The molecular formula is C14H22N2O3. The van der Waals surface area contributed by atoms with Crippen molar-refractivity contribution in [3.05, 3.63) is 29.8 Å². The van der Waals surface area contributed by atoms with Gasteiger partial charge in [0.2, 0.25) is 5.91 Å². The summed E-state index contributed by atoms with van der Waals surface area (Å²) in [6.45, 7) is 3.78. The number of aliphatic hydroxyl groups is 1. The summed E-state index contributed by atoms with van der Waals surface area (Å²) in [5.74, 6) is -0.159. The highest BCUT2D eigenvalue weighted by Crippen LogP contribution is 2.24. The van der Waals surface area contributed by atoms with Crippen molar-refractivity contribution in [2.24, 2.45) is 0 Å². The molecule has 0 aliphatic carbocycles. The maximum Gasteiger partial charge on any atom is 0.230 e. The topological polar surface area (TPSA) is 84.6 Å². The summed E-state index contributed by atoms with van der Waals surface area (Å²) in [4.78, 5) is 12.3.